The van der Waals surface area contributed by atoms with E-state index in [1.165, 1.54) is 18.5 Å². The molecule has 17 heavy (non-hydrogen) atoms. The zero-order chi connectivity index (χ0) is 13.3. The Morgan fingerprint density at radius 1 is 1.35 bits per heavy atom. The SMILES string of the molecule is Cc1c([N+](=O)[O-])c(=O)n(C)c(=O)n1CC(C)C. The van der Waals surface area contributed by atoms with Crippen molar-refractivity contribution in [3.05, 3.63) is 36.6 Å². The Bertz CT molecular complexity index is 568. The summed E-state index contributed by atoms with van der Waals surface area (Å²) < 4.78 is 2.04. The third kappa shape index (κ3) is 2.27. The number of hydrogen-bond donors (Lipinski definition) is 0. The van der Waals surface area contributed by atoms with Crippen molar-refractivity contribution in [2.24, 2.45) is 13.0 Å². The van der Waals surface area contributed by atoms with Gasteiger partial charge in [0.2, 0.25) is 0 Å². The van der Waals surface area contributed by atoms with Crippen LogP contribution in [0.3, 0.4) is 0 Å². The molecule has 0 bridgehead atoms. The standard InChI is InChI=1S/C10H15N3O4/c1-6(2)5-12-7(3)8(13(16)17)9(14)11(4)10(12)15/h6H,5H2,1-4H3. The smallest absolute Gasteiger partial charge is 0.291 e. The molecule has 0 aliphatic rings. The molecule has 1 rings (SSSR count). The van der Waals surface area contributed by atoms with Crippen LogP contribution >= 0.6 is 0 Å². The maximum Gasteiger partial charge on any atom is 0.353 e. The van der Waals surface area contributed by atoms with Crippen LogP contribution < -0.4 is 11.2 Å². The van der Waals surface area contributed by atoms with Gasteiger partial charge in [0, 0.05) is 13.6 Å². The third-order valence-electron chi connectivity index (χ3n) is 2.50. The molecular formula is C10H15N3O4. The van der Waals surface area contributed by atoms with Gasteiger partial charge in [0.05, 0.1) is 4.92 Å². The monoisotopic (exact) mass is 241 g/mol. The first-order valence-electron chi connectivity index (χ1n) is 5.22. The molecule has 0 spiro atoms. The van der Waals surface area contributed by atoms with Crippen LogP contribution in [0.2, 0.25) is 0 Å². The van der Waals surface area contributed by atoms with Crippen molar-refractivity contribution in [2.75, 3.05) is 0 Å². The van der Waals surface area contributed by atoms with E-state index in [0.717, 1.165) is 4.57 Å². The summed E-state index contributed by atoms with van der Waals surface area (Å²) in [5.74, 6) is 0.156. The normalized spacial score (nSPS) is 10.9. The van der Waals surface area contributed by atoms with Crippen LogP contribution in [0.4, 0.5) is 5.69 Å². The molecule has 0 saturated carbocycles. The van der Waals surface area contributed by atoms with Crippen molar-refractivity contribution in [3.8, 4) is 0 Å². The van der Waals surface area contributed by atoms with Gasteiger partial charge in [0.25, 0.3) is 0 Å². The van der Waals surface area contributed by atoms with Gasteiger partial charge in [-0.1, -0.05) is 13.8 Å². The highest BCUT2D eigenvalue weighted by molar-refractivity contribution is 5.31. The van der Waals surface area contributed by atoms with Crippen molar-refractivity contribution >= 4 is 5.69 Å². The average Bonchev–Trinajstić information content (AvgIpc) is 2.21. The van der Waals surface area contributed by atoms with E-state index in [4.69, 9.17) is 0 Å². The van der Waals surface area contributed by atoms with Crippen molar-refractivity contribution in [3.63, 3.8) is 0 Å². The summed E-state index contributed by atoms with van der Waals surface area (Å²) in [6, 6.07) is 0. The second-order valence-corrected chi connectivity index (χ2v) is 4.34. The van der Waals surface area contributed by atoms with Gasteiger partial charge in [-0.2, -0.15) is 0 Å². The summed E-state index contributed by atoms with van der Waals surface area (Å²) in [6.45, 7) is 5.55. The van der Waals surface area contributed by atoms with Crippen molar-refractivity contribution < 1.29 is 4.92 Å². The van der Waals surface area contributed by atoms with Gasteiger partial charge < -0.3 is 0 Å². The Kier molecular flexibility index (Phi) is 3.50. The van der Waals surface area contributed by atoms with Crippen molar-refractivity contribution in [2.45, 2.75) is 27.3 Å². The molecule has 1 aromatic rings. The molecular weight excluding hydrogens is 226 g/mol. The van der Waals surface area contributed by atoms with Crippen molar-refractivity contribution in [1.82, 2.24) is 9.13 Å². The molecule has 0 fully saturated rings. The molecule has 0 atom stereocenters. The largest absolute Gasteiger partial charge is 0.353 e. The fourth-order valence-electron chi connectivity index (χ4n) is 1.64. The van der Waals surface area contributed by atoms with Gasteiger partial charge in [-0.15, -0.1) is 0 Å². The van der Waals surface area contributed by atoms with Crippen LogP contribution in [-0.2, 0) is 13.6 Å². The maximum absolute atomic E-state index is 11.8. The Morgan fingerprint density at radius 2 is 1.88 bits per heavy atom. The second kappa shape index (κ2) is 4.52. The quantitative estimate of drug-likeness (QED) is 0.566. The lowest BCUT2D eigenvalue weighted by Gasteiger charge is -2.13. The highest BCUT2D eigenvalue weighted by Crippen LogP contribution is 2.10. The van der Waals surface area contributed by atoms with Gasteiger partial charge in [0.15, 0.2) is 0 Å². The molecule has 0 aliphatic carbocycles. The molecule has 0 aromatic carbocycles. The number of aromatic nitrogens is 2. The molecule has 94 valence electrons. The average molecular weight is 241 g/mol. The first-order chi connectivity index (χ1) is 7.77. The topological polar surface area (TPSA) is 87.1 Å². The molecule has 0 unspecified atom stereocenters. The molecule has 0 radical (unpaired) electrons. The van der Waals surface area contributed by atoms with Crippen LogP contribution in [-0.4, -0.2) is 14.1 Å². The van der Waals surface area contributed by atoms with Gasteiger partial charge in [-0.25, -0.2) is 4.79 Å². The van der Waals surface area contributed by atoms with Gasteiger partial charge >= 0.3 is 16.9 Å². The maximum atomic E-state index is 11.8. The predicted molar refractivity (Wildman–Crippen MR) is 62.2 cm³/mol. The second-order valence-electron chi connectivity index (χ2n) is 4.34. The minimum atomic E-state index is -0.863. The number of hydrogen-bond acceptors (Lipinski definition) is 4. The molecule has 1 heterocycles. The summed E-state index contributed by atoms with van der Waals surface area (Å²) >= 11 is 0. The Labute approximate surface area is 97.5 Å². The van der Waals surface area contributed by atoms with Crippen LogP contribution in [0.5, 0.6) is 0 Å². The lowest BCUT2D eigenvalue weighted by atomic mass is 10.2. The molecule has 7 nitrogen and oxygen atoms in total. The zero-order valence-electron chi connectivity index (χ0n) is 10.3. The van der Waals surface area contributed by atoms with Crippen LogP contribution in [0, 0.1) is 23.0 Å². The predicted octanol–water partition coefficient (Wildman–Crippen LogP) is 0.420. The highest BCUT2D eigenvalue weighted by Gasteiger charge is 2.23. The Hall–Kier alpha value is -1.92. The van der Waals surface area contributed by atoms with E-state index in [1.807, 2.05) is 13.8 Å². The summed E-state index contributed by atoms with van der Waals surface area (Å²) in [4.78, 5) is 33.5. The molecule has 1 aromatic heterocycles. The fraction of sp³-hybridized carbons (Fsp3) is 0.600. The van der Waals surface area contributed by atoms with Gasteiger partial charge in [-0.05, 0) is 12.8 Å². The summed E-state index contributed by atoms with van der Waals surface area (Å²) in [7, 11) is 1.24. The minimum absolute atomic E-state index is 0.108. The first kappa shape index (κ1) is 13.1. The van der Waals surface area contributed by atoms with Crippen LogP contribution in [0.15, 0.2) is 9.59 Å². The zero-order valence-corrected chi connectivity index (χ0v) is 10.3. The summed E-state index contributed by atoms with van der Waals surface area (Å²) in [5.41, 5.74) is -1.81. The van der Waals surface area contributed by atoms with E-state index in [0.29, 0.717) is 6.54 Å². The van der Waals surface area contributed by atoms with E-state index in [9.17, 15) is 19.7 Å². The van der Waals surface area contributed by atoms with Gasteiger partial charge in [-0.3, -0.25) is 24.0 Å². The van der Waals surface area contributed by atoms with Crippen LogP contribution in [0.25, 0.3) is 0 Å². The Balaban J connectivity index is 3.68. The fourth-order valence-corrected chi connectivity index (χ4v) is 1.64. The number of nitrogens with zero attached hydrogens (tertiary/aromatic N) is 3. The van der Waals surface area contributed by atoms with E-state index < -0.39 is 21.9 Å². The van der Waals surface area contributed by atoms with E-state index in [1.54, 1.807) is 0 Å². The van der Waals surface area contributed by atoms with E-state index in [-0.39, 0.29) is 11.6 Å². The lowest BCUT2D eigenvalue weighted by molar-refractivity contribution is -0.387. The first-order valence-corrected chi connectivity index (χ1v) is 5.22. The number of nitro groups is 1. The number of rotatable bonds is 3. The molecule has 0 saturated heterocycles. The van der Waals surface area contributed by atoms with E-state index in [2.05, 4.69) is 0 Å². The summed E-state index contributed by atoms with van der Waals surface area (Å²) in [5, 5.41) is 10.8. The van der Waals surface area contributed by atoms with Gasteiger partial charge in [0.1, 0.15) is 5.69 Å². The highest BCUT2D eigenvalue weighted by atomic mass is 16.6. The Morgan fingerprint density at radius 3 is 2.29 bits per heavy atom. The minimum Gasteiger partial charge on any atom is -0.291 e. The van der Waals surface area contributed by atoms with Crippen molar-refractivity contribution in [1.29, 1.82) is 0 Å². The molecule has 0 aliphatic heterocycles. The molecule has 7 heteroatoms. The van der Waals surface area contributed by atoms with E-state index >= 15 is 0 Å². The summed E-state index contributed by atoms with van der Waals surface area (Å²) in [6.07, 6.45) is 0. The third-order valence-corrected chi connectivity index (χ3v) is 2.50. The van der Waals surface area contributed by atoms with Crippen LogP contribution in [0.1, 0.15) is 19.5 Å². The molecule has 0 N–H and O–H groups in total. The lowest BCUT2D eigenvalue weighted by Crippen LogP contribution is -2.41. The molecule has 0 amide bonds.